The second-order valence-electron chi connectivity index (χ2n) is 4.69. The molecule has 0 saturated carbocycles. The molecule has 96 valence electrons. The molecule has 1 aromatic carbocycles. The molecule has 2 rings (SSSR count). The number of hydrogen-bond acceptors (Lipinski definition) is 2. The molecule has 2 nitrogen and oxygen atoms in total. The fraction of sp³-hybridized carbons (Fsp3) is 0.333. The van der Waals surface area contributed by atoms with Crippen LogP contribution in [0.25, 0.3) is 0 Å². The van der Waals surface area contributed by atoms with E-state index in [1.807, 2.05) is 32.0 Å². The van der Waals surface area contributed by atoms with Gasteiger partial charge in [0.1, 0.15) is 11.5 Å². The number of halogens is 1. The van der Waals surface area contributed by atoms with Crippen molar-refractivity contribution in [2.75, 3.05) is 5.32 Å². The van der Waals surface area contributed by atoms with Crippen molar-refractivity contribution in [2.24, 2.45) is 0 Å². The van der Waals surface area contributed by atoms with E-state index in [9.17, 15) is 0 Å². The zero-order valence-electron chi connectivity index (χ0n) is 11.2. The molecule has 1 heterocycles. The number of furan rings is 1. The Morgan fingerprint density at radius 1 is 1.17 bits per heavy atom. The van der Waals surface area contributed by atoms with Gasteiger partial charge in [0.25, 0.3) is 0 Å². The van der Waals surface area contributed by atoms with Crippen molar-refractivity contribution >= 4 is 17.3 Å². The van der Waals surface area contributed by atoms with E-state index in [-0.39, 0.29) is 6.04 Å². The maximum atomic E-state index is 6.02. The zero-order valence-corrected chi connectivity index (χ0v) is 11.9. The number of anilines is 1. The maximum absolute atomic E-state index is 6.02. The van der Waals surface area contributed by atoms with Crippen molar-refractivity contribution in [1.29, 1.82) is 0 Å². The molecular formula is C15H18ClNO. The van der Waals surface area contributed by atoms with Crippen LogP contribution in [0, 0.1) is 20.8 Å². The number of aryl methyl sites for hydroxylation is 3. The topological polar surface area (TPSA) is 25.2 Å². The Morgan fingerprint density at radius 3 is 2.50 bits per heavy atom. The lowest BCUT2D eigenvalue weighted by molar-refractivity contribution is 0.500. The summed E-state index contributed by atoms with van der Waals surface area (Å²) in [5, 5.41) is 4.22. The number of hydrogen-bond donors (Lipinski definition) is 1. The molecule has 0 aliphatic rings. The third-order valence-electron chi connectivity index (χ3n) is 3.12. The highest BCUT2D eigenvalue weighted by atomic mass is 35.5. The van der Waals surface area contributed by atoms with E-state index in [2.05, 4.69) is 25.2 Å². The van der Waals surface area contributed by atoms with Crippen molar-refractivity contribution in [2.45, 2.75) is 33.7 Å². The van der Waals surface area contributed by atoms with Crippen LogP contribution in [0.4, 0.5) is 5.69 Å². The molecular weight excluding hydrogens is 246 g/mol. The monoisotopic (exact) mass is 263 g/mol. The van der Waals surface area contributed by atoms with Crippen LogP contribution in [0.15, 0.2) is 28.7 Å². The molecule has 2 aromatic rings. The lowest BCUT2D eigenvalue weighted by Crippen LogP contribution is -2.07. The van der Waals surface area contributed by atoms with E-state index < -0.39 is 0 Å². The van der Waals surface area contributed by atoms with E-state index in [4.69, 9.17) is 16.0 Å². The Labute approximate surface area is 113 Å². The van der Waals surface area contributed by atoms with Crippen molar-refractivity contribution in [3.8, 4) is 0 Å². The van der Waals surface area contributed by atoms with Gasteiger partial charge in [-0.1, -0.05) is 17.7 Å². The molecule has 0 aliphatic heterocycles. The lowest BCUT2D eigenvalue weighted by atomic mass is 10.1. The maximum Gasteiger partial charge on any atom is 0.106 e. The molecule has 0 spiro atoms. The Morgan fingerprint density at radius 2 is 1.89 bits per heavy atom. The molecule has 1 N–H and O–H groups in total. The summed E-state index contributed by atoms with van der Waals surface area (Å²) < 4.78 is 5.56. The first-order chi connectivity index (χ1) is 8.47. The van der Waals surface area contributed by atoms with Gasteiger partial charge in [-0.15, -0.1) is 0 Å². The van der Waals surface area contributed by atoms with Crippen LogP contribution < -0.4 is 5.32 Å². The zero-order chi connectivity index (χ0) is 13.3. The van der Waals surface area contributed by atoms with Gasteiger partial charge in [0.2, 0.25) is 0 Å². The van der Waals surface area contributed by atoms with Crippen LogP contribution in [0.3, 0.4) is 0 Å². The molecule has 1 unspecified atom stereocenters. The third kappa shape index (κ3) is 2.70. The second-order valence-corrected chi connectivity index (χ2v) is 5.13. The molecule has 1 atom stereocenters. The first kappa shape index (κ1) is 13.0. The third-order valence-corrected chi connectivity index (χ3v) is 3.35. The second kappa shape index (κ2) is 5.07. The minimum atomic E-state index is 0.194. The van der Waals surface area contributed by atoms with Crippen LogP contribution in [0.5, 0.6) is 0 Å². The van der Waals surface area contributed by atoms with Gasteiger partial charge in [-0.3, -0.25) is 0 Å². The molecule has 3 heteroatoms. The highest BCUT2D eigenvalue weighted by Gasteiger charge is 2.13. The summed E-state index contributed by atoms with van der Waals surface area (Å²) >= 11 is 6.02. The van der Waals surface area contributed by atoms with Gasteiger partial charge in [0.05, 0.1) is 6.04 Å². The van der Waals surface area contributed by atoms with Crippen LogP contribution in [0.1, 0.15) is 35.6 Å². The Hall–Kier alpha value is -1.41. The van der Waals surface area contributed by atoms with Gasteiger partial charge in [-0.05, 0) is 51.5 Å². The average molecular weight is 264 g/mol. The van der Waals surface area contributed by atoms with Gasteiger partial charge < -0.3 is 9.73 Å². The van der Waals surface area contributed by atoms with Crippen LogP contribution >= 0.6 is 11.6 Å². The summed E-state index contributed by atoms with van der Waals surface area (Å²) in [7, 11) is 0. The highest BCUT2D eigenvalue weighted by molar-refractivity contribution is 6.30. The van der Waals surface area contributed by atoms with E-state index in [1.165, 1.54) is 11.1 Å². The largest absolute Gasteiger partial charge is 0.466 e. The number of rotatable bonds is 3. The molecule has 0 fully saturated rings. The molecule has 1 aromatic heterocycles. The minimum absolute atomic E-state index is 0.194. The Bertz CT molecular complexity index is 560. The highest BCUT2D eigenvalue weighted by Crippen LogP contribution is 2.27. The van der Waals surface area contributed by atoms with Gasteiger partial charge in [0.15, 0.2) is 0 Å². The van der Waals surface area contributed by atoms with E-state index in [1.54, 1.807) is 0 Å². The molecule has 18 heavy (non-hydrogen) atoms. The number of benzene rings is 1. The van der Waals surface area contributed by atoms with Gasteiger partial charge >= 0.3 is 0 Å². The summed E-state index contributed by atoms with van der Waals surface area (Å²) in [5.41, 5.74) is 3.43. The summed E-state index contributed by atoms with van der Waals surface area (Å²) in [5.74, 6) is 1.91. The van der Waals surface area contributed by atoms with E-state index in [0.717, 1.165) is 22.2 Å². The van der Waals surface area contributed by atoms with Crippen molar-refractivity contribution in [3.05, 3.63) is 51.9 Å². The summed E-state index contributed by atoms with van der Waals surface area (Å²) in [4.78, 5) is 0. The molecule has 0 amide bonds. The SMILES string of the molecule is Cc1cc(C(C)Nc2cc(Cl)ccc2C)c(C)o1. The predicted octanol–water partition coefficient (Wildman–Crippen LogP) is 5.03. The number of nitrogens with one attached hydrogen (secondary N) is 1. The summed E-state index contributed by atoms with van der Waals surface area (Å²) in [6.07, 6.45) is 0. The standard InChI is InChI=1S/C15H18ClNO/c1-9-5-6-13(16)8-15(9)17-11(3)14-7-10(2)18-12(14)4/h5-8,11,17H,1-4H3. The van der Waals surface area contributed by atoms with E-state index >= 15 is 0 Å². The summed E-state index contributed by atoms with van der Waals surface area (Å²) in [6.45, 7) is 8.15. The molecule has 0 aliphatic carbocycles. The van der Waals surface area contributed by atoms with Crippen LogP contribution in [-0.4, -0.2) is 0 Å². The van der Waals surface area contributed by atoms with Crippen molar-refractivity contribution in [3.63, 3.8) is 0 Å². The molecule has 0 saturated heterocycles. The van der Waals surface area contributed by atoms with Gasteiger partial charge in [0, 0.05) is 16.3 Å². The fourth-order valence-corrected chi connectivity index (χ4v) is 2.31. The molecule has 0 radical (unpaired) electrons. The van der Waals surface area contributed by atoms with Crippen LogP contribution in [-0.2, 0) is 0 Å². The quantitative estimate of drug-likeness (QED) is 0.840. The lowest BCUT2D eigenvalue weighted by Gasteiger charge is -2.16. The first-order valence-corrected chi connectivity index (χ1v) is 6.45. The Kier molecular flexibility index (Phi) is 3.67. The smallest absolute Gasteiger partial charge is 0.106 e. The normalized spacial score (nSPS) is 12.5. The minimum Gasteiger partial charge on any atom is -0.466 e. The molecule has 0 bridgehead atoms. The van der Waals surface area contributed by atoms with Gasteiger partial charge in [-0.2, -0.15) is 0 Å². The van der Waals surface area contributed by atoms with Crippen molar-refractivity contribution < 1.29 is 4.42 Å². The fourth-order valence-electron chi connectivity index (χ4n) is 2.14. The Balaban J connectivity index is 2.23. The van der Waals surface area contributed by atoms with Crippen LogP contribution in [0.2, 0.25) is 5.02 Å². The van der Waals surface area contributed by atoms with E-state index in [0.29, 0.717) is 0 Å². The first-order valence-electron chi connectivity index (χ1n) is 6.07. The average Bonchev–Trinajstić information content (AvgIpc) is 2.63. The predicted molar refractivity (Wildman–Crippen MR) is 76.4 cm³/mol. The van der Waals surface area contributed by atoms with Crippen molar-refractivity contribution in [1.82, 2.24) is 0 Å². The van der Waals surface area contributed by atoms with Gasteiger partial charge in [-0.25, -0.2) is 0 Å². The summed E-state index contributed by atoms with van der Waals surface area (Å²) in [6, 6.07) is 8.15.